The maximum atomic E-state index is 5.19. The number of rotatable bonds is 3. The summed E-state index contributed by atoms with van der Waals surface area (Å²) in [6.07, 6.45) is 4.21. The van der Waals surface area contributed by atoms with Crippen LogP contribution in [0.15, 0.2) is 6.20 Å². The number of aromatic nitrogens is 2. The van der Waals surface area contributed by atoms with Gasteiger partial charge in [0.25, 0.3) is 0 Å². The standard InChI is InChI=1S/C11H19N3O/c1-10(2,3)9-8(6-13-14-9)11(4-5-11)7-15-12/h6H,4-5,7,12H2,1-3H3,(H,13,14). The van der Waals surface area contributed by atoms with Crippen LogP contribution in [0.2, 0.25) is 0 Å². The van der Waals surface area contributed by atoms with Gasteiger partial charge in [-0.2, -0.15) is 5.10 Å². The number of hydrogen-bond acceptors (Lipinski definition) is 3. The topological polar surface area (TPSA) is 63.9 Å². The van der Waals surface area contributed by atoms with E-state index in [0.717, 1.165) is 12.8 Å². The van der Waals surface area contributed by atoms with E-state index >= 15 is 0 Å². The molecule has 0 unspecified atom stereocenters. The van der Waals surface area contributed by atoms with E-state index in [-0.39, 0.29) is 10.8 Å². The normalized spacial score (nSPS) is 19.2. The highest BCUT2D eigenvalue weighted by atomic mass is 16.6. The summed E-state index contributed by atoms with van der Waals surface area (Å²) in [6.45, 7) is 7.14. The van der Waals surface area contributed by atoms with E-state index in [9.17, 15) is 0 Å². The number of hydrogen-bond donors (Lipinski definition) is 2. The second-order valence-corrected chi connectivity index (χ2v) is 5.50. The van der Waals surface area contributed by atoms with Gasteiger partial charge in [0.1, 0.15) is 0 Å². The molecule has 1 fully saturated rings. The molecule has 15 heavy (non-hydrogen) atoms. The Labute approximate surface area is 90.1 Å². The van der Waals surface area contributed by atoms with Crippen LogP contribution in [0.1, 0.15) is 44.9 Å². The number of H-pyrrole nitrogens is 1. The van der Waals surface area contributed by atoms with E-state index in [1.54, 1.807) is 0 Å². The van der Waals surface area contributed by atoms with Crippen molar-refractivity contribution in [3.63, 3.8) is 0 Å². The number of nitrogens with two attached hydrogens (primary N) is 1. The molecule has 1 aromatic heterocycles. The van der Waals surface area contributed by atoms with Crippen LogP contribution in [0.4, 0.5) is 0 Å². The molecule has 0 aromatic carbocycles. The SMILES string of the molecule is CC(C)(C)c1[nH]ncc1C1(CON)CC1. The van der Waals surface area contributed by atoms with Gasteiger partial charge >= 0.3 is 0 Å². The molecule has 1 aromatic rings. The molecule has 0 aliphatic heterocycles. The molecule has 0 amide bonds. The molecule has 1 aliphatic carbocycles. The summed E-state index contributed by atoms with van der Waals surface area (Å²) in [5, 5.41) is 7.26. The smallest absolute Gasteiger partial charge is 0.0777 e. The molecule has 0 atom stereocenters. The van der Waals surface area contributed by atoms with Crippen LogP contribution in [0.3, 0.4) is 0 Å². The molecule has 0 saturated heterocycles. The summed E-state index contributed by atoms with van der Waals surface area (Å²) in [5.74, 6) is 5.19. The Morgan fingerprint density at radius 1 is 1.53 bits per heavy atom. The van der Waals surface area contributed by atoms with E-state index in [1.807, 2.05) is 6.20 Å². The van der Waals surface area contributed by atoms with Gasteiger partial charge in [-0.1, -0.05) is 20.8 Å². The van der Waals surface area contributed by atoms with Gasteiger partial charge in [-0.3, -0.25) is 5.10 Å². The number of nitrogens with one attached hydrogen (secondary N) is 1. The second kappa shape index (κ2) is 3.32. The minimum absolute atomic E-state index is 0.0933. The van der Waals surface area contributed by atoms with Crippen LogP contribution in [0, 0.1) is 0 Å². The quantitative estimate of drug-likeness (QED) is 0.744. The van der Waals surface area contributed by atoms with Crippen molar-refractivity contribution in [1.82, 2.24) is 10.2 Å². The summed E-state index contributed by atoms with van der Waals surface area (Å²) < 4.78 is 0. The number of aromatic amines is 1. The third kappa shape index (κ3) is 1.79. The molecule has 0 bridgehead atoms. The van der Waals surface area contributed by atoms with Gasteiger partial charge in [0.05, 0.1) is 12.8 Å². The monoisotopic (exact) mass is 209 g/mol. The van der Waals surface area contributed by atoms with E-state index in [1.165, 1.54) is 11.3 Å². The lowest BCUT2D eigenvalue weighted by Gasteiger charge is -2.22. The Bertz CT molecular complexity index is 347. The molecule has 0 radical (unpaired) electrons. The summed E-state index contributed by atoms with van der Waals surface area (Å²) in [7, 11) is 0. The van der Waals surface area contributed by atoms with Gasteiger partial charge in [-0.05, 0) is 12.8 Å². The van der Waals surface area contributed by atoms with Crippen molar-refractivity contribution < 1.29 is 4.84 Å². The Kier molecular flexibility index (Phi) is 2.35. The minimum atomic E-state index is 0.0933. The summed E-state index contributed by atoms with van der Waals surface area (Å²) >= 11 is 0. The second-order valence-electron chi connectivity index (χ2n) is 5.50. The first-order valence-electron chi connectivity index (χ1n) is 5.36. The lowest BCUT2D eigenvalue weighted by molar-refractivity contribution is 0.115. The van der Waals surface area contributed by atoms with Crippen molar-refractivity contribution >= 4 is 0 Å². The van der Waals surface area contributed by atoms with Gasteiger partial charge in [0, 0.05) is 22.1 Å². The lowest BCUT2D eigenvalue weighted by Crippen LogP contribution is -2.23. The van der Waals surface area contributed by atoms with Gasteiger partial charge in [0.15, 0.2) is 0 Å². The van der Waals surface area contributed by atoms with Gasteiger partial charge < -0.3 is 4.84 Å². The molecule has 84 valence electrons. The Hall–Kier alpha value is -0.870. The molecule has 1 heterocycles. The predicted molar refractivity (Wildman–Crippen MR) is 58.3 cm³/mol. The third-order valence-corrected chi connectivity index (χ3v) is 3.17. The van der Waals surface area contributed by atoms with Gasteiger partial charge in [-0.15, -0.1) is 0 Å². The molecule has 4 heteroatoms. The molecule has 4 nitrogen and oxygen atoms in total. The fourth-order valence-corrected chi connectivity index (χ4v) is 2.06. The fourth-order valence-electron chi connectivity index (χ4n) is 2.06. The van der Waals surface area contributed by atoms with Crippen LogP contribution >= 0.6 is 0 Å². The van der Waals surface area contributed by atoms with Crippen LogP contribution in [-0.2, 0) is 15.7 Å². The van der Waals surface area contributed by atoms with Crippen molar-refractivity contribution in [3.05, 3.63) is 17.5 Å². The summed E-state index contributed by atoms with van der Waals surface area (Å²) in [4.78, 5) is 4.82. The first kappa shape index (κ1) is 10.6. The molecule has 1 saturated carbocycles. The Morgan fingerprint density at radius 3 is 2.67 bits per heavy atom. The highest BCUT2D eigenvalue weighted by Crippen LogP contribution is 2.50. The first-order chi connectivity index (χ1) is 6.99. The van der Waals surface area contributed by atoms with Gasteiger partial charge in [0.2, 0.25) is 0 Å². The van der Waals surface area contributed by atoms with Crippen molar-refractivity contribution in [1.29, 1.82) is 0 Å². The predicted octanol–water partition coefficient (Wildman–Crippen LogP) is 1.63. The van der Waals surface area contributed by atoms with Crippen molar-refractivity contribution in [2.24, 2.45) is 5.90 Å². The first-order valence-corrected chi connectivity index (χ1v) is 5.36. The lowest BCUT2D eigenvalue weighted by atomic mass is 9.84. The third-order valence-electron chi connectivity index (χ3n) is 3.17. The Balaban J connectivity index is 2.33. The van der Waals surface area contributed by atoms with Gasteiger partial charge in [-0.25, -0.2) is 5.90 Å². The molecule has 2 rings (SSSR count). The summed E-state index contributed by atoms with van der Waals surface area (Å²) in [6, 6.07) is 0. The number of nitrogens with zero attached hydrogens (tertiary/aromatic N) is 1. The summed E-state index contributed by atoms with van der Waals surface area (Å²) in [5.41, 5.74) is 2.71. The largest absolute Gasteiger partial charge is 0.304 e. The van der Waals surface area contributed by atoms with Crippen LogP contribution in [-0.4, -0.2) is 16.8 Å². The fraction of sp³-hybridized carbons (Fsp3) is 0.727. The van der Waals surface area contributed by atoms with Crippen LogP contribution < -0.4 is 5.90 Å². The Morgan fingerprint density at radius 2 is 2.20 bits per heavy atom. The van der Waals surface area contributed by atoms with Crippen molar-refractivity contribution in [2.75, 3.05) is 6.61 Å². The van der Waals surface area contributed by atoms with E-state index < -0.39 is 0 Å². The molecular formula is C11H19N3O. The zero-order valence-electron chi connectivity index (χ0n) is 9.63. The average Bonchev–Trinajstić information content (AvgIpc) is 2.75. The van der Waals surface area contributed by atoms with Crippen LogP contribution in [0.5, 0.6) is 0 Å². The van der Waals surface area contributed by atoms with E-state index in [4.69, 9.17) is 10.7 Å². The minimum Gasteiger partial charge on any atom is -0.304 e. The van der Waals surface area contributed by atoms with Crippen LogP contribution in [0.25, 0.3) is 0 Å². The molecule has 0 spiro atoms. The van der Waals surface area contributed by atoms with E-state index in [0.29, 0.717) is 6.61 Å². The average molecular weight is 209 g/mol. The molecule has 3 N–H and O–H groups in total. The zero-order valence-corrected chi connectivity index (χ0v) is 9.63. The highest BCUT2D eigenvalue weighted by Gasteiger charge is 2.48. The maximum Gasteiger partial charge on any atom is 0.0777 e. The maximum absolute atomic E-state index is 5.19. The van der Waals surface area contributed by atoms with Crippen molar-refractivity contribution in [3.8, 4) is 0 Å². The van der Waals surface area contributed by atoms with E-state index in [2.05, 4.69) is 31.0 Å². The highest BCUT2D eigenvalue weighted by molar-refractivity contribution is 5.36. The molecule has 1 aliphatic rings. The zero-order chi connectivity index (χ0) is 11.1. The van der Waals surface area contributed by atoms with Crippen molar-refractivity contribution in [2.45, 2.75) is 44.4 Å². The molecular weight excluding hydrogens is 190 g/mol.